The lowest BCUT2D eigenvalue weighted by Gasteiger charge is -2.05. The van der Waals surface area contributed by atoms with Gasteiger partial charge in [0.05, 0.1) is 6.42 Å². The van der Waals surface area contributed by atoms with E-state index in [-0.39, 0.29) is 5.97 Å². The van der Waals surface area contributed by atoms with Gasteiger partial charge in [0, 0.05) is 0 Å². The first-order chi connectivity index (χ1) is 9.34. The molecule has 0 atom stereocenters. The highest BCUT2D eigenvalue weighted by Crippen LogP contribution is 2.46. The molecule has 0 amide bonds. The monoisotopic (exact) mass is 248 g/mol. The first-order valence-electron chi connectivity index (χ1n) is 6.41. The van der Waals surface area contributed by atoms with Gasteiger partial charge in [-0.3, -0.25) is 4.79 Å². The number of cyclic esters (lactones) is 1. The summed E-state index contributed by atoms with van der Waals surface area (Å²) in [7, 11) is 0. The molecular weight excluding hydrogens is 236 g/mol. The molecule has 1 aliphatic heterocycles. The zero-order chi connectivity index (χ0) is 12.8. The van der Waals surface area contributed by atoms with Crippen molar-refractivity contribution in [3.63, 3.8) is 0 Å². The summed E-state index contributed by atoms with van der Waals surface area (Å²) >= 11 is 0. The summed E-state index contributed by atoms with van der Waals surface area (Å²) in [4.78, 5) is 11.4. The van der Waals surface area contributed by atoms with E-state index in [1.807, 2.05) is 12.1 Å². The molecule has 0 bridgehead atoms. The zero-order valence-corrected chi connectivity index (χ0v) is 10.3. The summed E-state index contributed by atoms with van der Waals surface area (Å²) in [5.74, 6) is -0.121. The molecule has 19 heavy (non-hydrogen) atoms. The van der Waals surface area contributed by atoms with Crippen LogP contribution in [0.25, 0.3) is 16.7 Å². The van der Waals surface area contributed by atoms with Crippen LogP contribution in [-0.4, -0.2) is 12.6 Å². The maximum atomic E-state index is 11.4. The number of benzene rings is 2. The topological polar surface area (TPSA) is 26.3 Å². The Morgan fingerprint density at radius 1 is 0.789 bits per heavy atom. The third-order valence-electron chi connectivity index (χ3n) is 3.80. The van der Waals surface area contributed by atoms with Gasteiger partial charge in [0.2, 0.25) is 0 Å². The van der Waals surface area contributed by atoms with E-state index in [9.17, 15) is 4.79 Å². The molecule has 1 heterocycles. The Bertz CT molecular complexity index is 678. The predicted octanol–water partition coefficient (Wildman–Crippen LogP) is 3.42. The molecule has 0 N–H and O–H groups in total. The standard InChI is InChI=1S/C17H12O2/c18-16-9-11(10-19-16)17-14-7-3-1-5-12(14)13-6-2-4-8-15(13)17/h1-8H,9-10H2. The Morgan fingerprint density at radius 3 is 1.79 bits per heavy atom. The fourth-order valence-electron chi connectivity index (χ4n) is 3.00. The highest BCUT2D eigenvalue weighted by molar-refractivity contribution is 6.03. The summed E-state index contributed by atoms with van der Waals surface area (Å²) in [6.07, 6.45) is 0.415. The first-order valence-corrected chi connectivity index (χ1v) is 6.41. The third kappa shape index (κ3) is 1.46. The Hall–Kier alpha value is -2.35. The minimum absolute atomic E-state index is 0.121. The first kappa shape index (κ1) is 10.6. The fraction of sp³-hybridized carbons (Fsp3) is 0.118. The van der Waals surface area contributed by atoms with Crippen molar-refractivity contribution in [1.82, 2.24) is 0 Å². The lowest BCUT2D eigenvalue weighted by atomic mass is 9.97. The lowest BCUT2D eigenvalue weighted by molar-refractivity contribution is -0.137. The Labute approximate surface area is 111 Å². The van der Waals surface area contributed by atoms with Gasteiger partial charge in [0.1, 0.15) is 6.61 Å². The van der Waals surface area contributed by atoms with Gasteiger partial charge in [0.15, 0.2) is 0 Å². The van der Waals surface area contributed by atoms with Crippen LogP contribution in [0, 0.1) is 0 Å². The molecule has 0 unspecified atom stereocenters. The van der Waals surface area contributed by atoms with Gasteiger partial charge in [-0.15, -0.1) is 0 Å². The van der Waals surface area contributed by atoms with E-state index in [1.54, 1.807) is 0 Å². The van der Waals surface area contributed by atoms with Crippen LogP contribution in [0.3, 0.4) is 0 Å². The minimum atomic E-state index is -0.121. The molecule has 2 heteroatoms. The number of hydrogen-bond acceptors (Lipinski definition) is 2. The van der Waals surface area contributed by atoms with Crippen LogP contribution in [0.1, 0.15) is 17.5 Å². The van der Waals surface area contributed by atoms with Crippen molar-refractivity contribution in [2.75, 3.05) is 6.61 Å². The SMILES string of the molecule is O=C1CC(=C2c3ccccc3-c3ccccc32)CO1. The van der Waals surface area contributed by atoms with Crippen molar-refractivity contribution in [3.8, 4) is 11.1 Å². The van der Waals surface area contributed by atoms with Crippen molar-refractivity contribution < 1.29 is 9.53 Å². The third-order valence-corrected chi connectivity index (χ3v) is 3.80. The molecule has 2 aliphatic rings. The van der Waals surface area contributed by atoms with Gasteiger partial charge in [-0.2, -0.15) is 0 Å². The van der Waals surface area contributed by atoms with Crippen LogP contribution in [0.4, 0.5) is 0 Å². The van der Waals surface area contributed by atoms with Crippen molar-refractivity contribution in [1.29, 1.82) is 0 Å². The molecule has 1 saturated heterocycles. The van der Waals surface area contributed by atoms with Gasteiger partial charge >= 0.3 is 5.97 Å². The second-order valence-corrected chi connectivity index (χ2v) is 4.91. The molecule has 1 fully saturated rings. The largest absolute Gasteiger partial charge is 0.461 e. The van der Waals surface area contributed by atoms with Crippen LogP contribution in [0.15, 0.2) is 54.1 Å². The Balaban J connectivity index is 2.04. The van der Waals surface area contributed by atoms with Crippen molar-refractivity contribution in [3.05, 3.63) is 65.2 Å². The molecule has 0 spiro atoms. The molecule has 92 valence electrons. The number of esters is 1. The van der Waals surface area contributed by atoms with E-state index < -0.39 is 0 Å². The van der Waals surface area contributed by atoms with Crippen LogP contribution < -0.4 is 0 Å². The number of carbonyl (C=O) groups is 1. The quantitative estimate of drug-likeness (QED) is 0.570. The number of fused-ring (bicyclic) bond motifs is 3. The highest BCUT2D eigenvalue weighted by atomic mass is 16.5. The summed E-state index contributed by atoms with van der Waals surface area (Å²) in [6, 6.07) is 16.7. The summed E-state index contributed by atoms with van der Waals surface area (Å²) in [5, 5.41) is 0. The van der Waals surface area contributed by atoms with Crippen molar-refractivity contribution >= 4 is 11.5 Å². The van der Waals surface area contributed by atoms with Gasteiger partial charge in [-0.25, -0.2) is 0 Å². The lowest BCUT2D eigenvalue weighted by Crippen LogP contribution is -1.90. The van der Waals surface area contributed by atoms with Gasteiger partial charge in [-0.05, 0) is 33.4 Å². The maximum Gasteiger partial charge on any atom is 0.310 e. The summed E-state index contributed by atoms with van der Waals surface area (Å²) in [6.45, 7) is 0.427. The fourth-order valence-corrected chi connectivity index (χ4v) is 3.00. The molecular formula is C17H12O2. The second kappa shape index (κ2) is 3.82. The Kier molecular flexibility index (Phi) is 2.12. The second-order valence-electron chi connectivity index (χ2n) is 4.91. The van der Waals surface area contributed by atoms with Gasteiger partial charge < -0.3 is 4.74 Å². The minimum Gasteiger partial charge on any atom is -0.461 e. The highest BCUT2D eigenvalue weighted by Gasteiger charge is 2.29. The van der Waals surface area contributed by atoms with E-state index in [0.29, 0.717) is 13.0 Å². The van der Waals surface area contributed by atoms with Gasteiger partial charge in [0.25, 0.3) is 0 Å². The van der Waals surface area contributed by atoms with Crippen LogP contribution >= 0.6 is 0 Å². The Morgan fingerprint density at radius 2 is 1.32 bits per heavy atom. The van der Waals surface area contributed by atoms with Gasteiger partial charge in [-0.1, -0.05) is 48.5 Å². The smallest absolute Gasteiger partial charge is 0.310 e. The molecule has 1 aliphatic carbocycles. The molecule has 2 nitrogen and oxygen atoms in total. The average molecular weight is 248 g/mol. The van der Waals surface area contributed by atoms with E-state index in [2.05, 4.69) is 36.4 Å². The number of rotatable bonds is 0. The van der Waals surface area contributed by atoms with Crippen LogP contribution in [0.2, 0.25) is 0 Å². The van der Waals surface area contributed by atoms with E-state index in [0.717, 1.165) is 5.57 Å². The number of ether oxygens (including phenoxy) is 1. The van der Waals surface area contributed by atoms with Crippen LogP contribution in [-0.2, 0) is 9.53 Å². The average Bonchev–Trinajstić information content (AvgIpc) is 3.00. The predicted molar refractivity (Wildman–Crippen MR) is 73.5 cm³/mol. The molecule has 0 aromatic heterocycles. The summed E-state index contributed by atoms with van der Waals surface area (Å²) in [5.41, 5.74) is 7.23. The number of hydrogen-bond donors (Lipinski definition) is 0. The summed E-state index contributed by atoms with van der Waals surface area (Å²) < 4.78 is 5.11. The normalized spacial score (nSPS) is 16.3. The molecule has 0 radical (unpaired) electrons. The molecule has 2 aromatic carbocycles. The number of carbonyl (C=O) groups excluding carboxylic acids is 1. The molecule has 0 saturated carbocycles. The van der Waals surface area contributed by atoms with Crippen molar-refractivity contribution in [2.24, 2.45) is 0 Å². The molecule has 4 rings (SSSR count). The van der Waals surface area contributed by atoms with E-state index >= 15 is 0 Å². The maximum absolute atomic E-state index is 11.4. The van der Waals surface area contributed by atoms with E-state index in [4.69, 9.17) is 4.74 Å². The van der Waals surface area contributed by atoms with Crippen molar-refractivity contribution in [2.45, 2.75) is 6.42 Å². The van der Waals surface area contributed by atoms with E-state index in [1.165, 1.54) is 27.8 Å². The zero-order valence-electron chi connectivity index (χ0n) is 10.3. The molecule has 2 aromatic rings. The van der Waals surface area contributed by atoms with Crippen LogP contribution in [0.5, 0.6) is 0 Å².